The predicted octanol–water partition coefficient (Wildman–Crippen LogP) is 6.57. The van der Waals surface area contributed by atoms with Crippen LogP contribution in [-0.4, -0.2) is 11.3 Å². The number of aldehydes is 1. The van der Waals surface area contributed by atoms with E-state index in [1.807, 2.05) is 45.0 Å². The fraction of sp³-hybridized carbons (Fsp3) is 0.348. The second-order valence-corrected chi connectivity index (χ2v) is 7.56. The van der Waals surface area contributed by atoms with E-state index in [4.69, 9.17) is 17.3 Å². The molecule has 0 unspecified atom stereocenters. The van der Waals surface area contributed by atoms with Gasteiger partial charge in [0.05, 0.1) is 5.02 Å². The van der Waals surface area contributed by atoms with E-state index in [2.05, 4.69) is 25.8 Å². The molecule has 3 N–H and O–H groups in total. The zero-order chi connectivity index (χ0) is 20.6. The van der Waals surface area contributed by atoms with Crippen molar-refractivity contribution in [2.75, 3.05) is 0 Å². The van der Waals surface area contributed by atoms with Gasteiger partial charge in [-0.1, -0.05) is 51.4 Å². The molecule has 1 aromatic heterocycles. The van der Waals surface area contributed by atoms with Crippen molar-refractivity contribution < 1.29 is 4.79 Å². The highest BCUT2D eigenvalue weighted by molar-refractivity contribution is 6.35. The Bertz CT molecular complexity index is 867. The van der Waals surface area contributed by atoms with E-state index in [0.717, 1.165) is 46.4 Å². The first-order valence-corrected chi connectivity index (χ1v) is 9.69. The number of H-pyrrole nitrogens is 1. The summed E-state index contributed by atoms with van der Waals surface area (Å²) in [5.41, 5.74) is 10.8. The van der Waals surface area contributed by atoms with Crippen LogP contribution < -0.4 is 5.73 Å². The van der Waals surface area contributed by atoms with Gasteiger partial charge in [0.15, 0.2) is 6.29 Å². The molecule has 0 amide bonds. The Morgan fingerprint density at radius 2 is 1.89 bits per heavy atom. The number of carbonyl (C=O) groups is 1. The number of carbonyl (C=O) groups excluding carboxylic acids is 1. The summed E-state index contributed by atoms with van der Waals surface area (Å²) in [4.78, 5) is 14.8. The zero-order valence-corrected chi connectivity index (χ0v) is 17.9. The summed E-state index contributed by atoms with van der Waals surface area (Å²) in [7, 11) is 0. The maximum Gasteiger partial charge on any atom is 0.150 e. The fourth-order valence-electron chi connectivity index (χ4n) is 2.53. The number of allylic oxidation sites excluding steroid dienone is 3. The molecule has 4 heteroatoms. The molecular weight excluding hydrogens is 356 g/mol. The molecule has 0 fully saturated rings. The maximum atomic E-state index is 11.6. The van der Waals surface area contributed by atoms with Gasteiger partial charge < -0.3 is 10.7 Å². The van der Waals surface area contributed by atoms with Gasteiger partial charge >= 0.3 is 0 Å². The van der Waals surface area contributed by atoms with Crippen LogP contribution in [0.25, 0.3) is 17.0 Å². The van der Waals surface area contributed by atoms with E-state index in [0.29, 0.717) is 16.3 Å². The van der Waals surface area contributed by atoms with E-state index in [1.165, 1.54) is 0 Å². The van der Waals surface area contributed by atoms with Gasteiger partial charge in [-0.25, -0.2) is 0 Å². The number of rotatable bonds is 5. The van der Waals surface area contributed by atoms with Gasteiger partial charge in [0.25, 0.3) is 0 Å². The average Bonchev–Trinajstić information content (AvgIpc) is 2.99. The van der Waals surface area contributed by atoms with E-state index in [-0.39, 0.29) is 0 Å². The molecule has 2 rings (SSSR count). The second-order valence-electron chi connectivity index (χ2n) is 7.15. The molecule has 2 aromatic rings. The van der Waals surface area contributed by atoms with Crippen molar-refractivity contribution in [1.82, 2.24) is 4.98 Å². The summed E-state index contributed by atoms with van der Waals surface area (Å²) in [5, 5.41) is 1.63. The first kappa shape index (κ1) is 22.8. The molecule has 0 aliphatic carbocycles. The molecule has 27 heavy (non-hydrogen) atoms. The van der Waals surface area contributed by atoms with Crippen molar-refractivity contribution in [3.8, 4) is 0 Å². The quantitative estimate of drug-likeness (QED) is 0.346. The standard InChI is InChI=1S/C19H21ClN2O.C4H10/c1-4-6-15(18(21)5-2)13(11-23)9-14-10-16-17(20)7-12(3)8-19(16)22-14;1-4(2)3/h5-11,22H,4,21H2,1-3H3;4H,1-3H3/b13-9+,15-6-,18-5+;. The van der Waals surface area contributed by atoms with Crippen molar-refractivity contribution in [2.24, 2.45) is 11.7 Å². The zero-order valence-electron chi connectivity index (χ0n) is 17.2. The molecule has 1 heterocycles. The SMILES string of the molecule is CC(C)C.C\C=C(N)/C(=C\CC)C(/C=O)=C/c1cc2c(Cl)cc(C)cc2[nH]1. The van der Waals surface area contributed by atoms with Crippen LogP contribution in [0.4, 0.5) is 0 Å². The Morgan fingerprint density at radius 1 is 1.26 bits per heavy atom. The molecule has 1 aromatic carbocycles. The summed E-state index contributed by atoms with van der Waals surface area (Å²) in [6.07, 6.45) is 7.18. The number of hydrogen-bond donors (Lipinski definition) is 2. The highest BCUT2D eigenvalue weighted by Crippen LogP contribution is 2.27. The third kappa shape index (κ3) is 6.76. The van der Waals surface area contributed by atoms with Crippen LogP contribution in [0.5, 0.6) is 0 Å². The van der Waals surface area contributed by atoms with Crippen LogP contribution in [0.15, 0.2) is 47.2 Å². The molecule has 0 radical (unpaired) electrons. The van der Waals surface area contributed by atoms with E-state index >= 15 is 0 Å². The minimum atomic E-state index is 0.543. The van der Waals surface area contributed by atoms with E-state index < -0.39 is 0 Å². The molecule has 0 bridgehead atoms. The summed E-state index contributed by atoms with van der Waals surface area (Å²) in [6, 6.07) is 5.89. The van der Waals surface area contributed by atoms with Gasteiger partial charge in [-0.05, 0) is 56.0 Å². The summed E-state index contributed by atoms with van der Waals surface area (Å²) < 4.78 is 0. The first-order valence-electron chi connectivity index (χ1n) is 9.31. The monoisotopic (exact) mass is 386 g/mol. The lowest BCUT2D eigenvalue weighted by Crippen LogP contribution is -2.04. The molecule has 0 aliphatic rings. The van der Waals surface area contributed by atoms with Gasteiger partial charge in [0.2, 0.25) is 0 Å². The molecule has 0 aliphatic heterocycles. The maximum absolute atomic E-state index is 11.6. The van der Waals surface area contributed by atoms with Gasteiger partial charge in [-0.2, -0.15) is 0 Å². The predicted molar refractivity (Wildman–Crippen MR) is 119 cm³/mol. The van der Waals surface area contributed by atoms with Crippen LogP contribution in [0.3, 0.4) is 0 Å². The fourth-order valence-corrected chi connectivity index (χ4v) is 2.86. The van der Waals surface area contributed by atoms with Crippen molar-refractivity contribution in [1.29, 1.82) is 0 Å². The first-order chi connectivity index (χ1) is 12.7. The molecular formula is C23H31ClN2O. The number of aryl methyl sites for hydroxylation is 1. The lowest BCUT2D eigenvalue weighted by Gasteiger charge is -2.07. The minimum Gasteiger partial charge on any atom is -0.399 e. The van der Waals surface area contributed by atoms with Gasteiger partial charge in [-0.3, -0.25) is 4.79 Å². The van der Waals surface area contributed by atoms with E-state index in [1.54, 1.807) is 12.2 Å². The van der Waals surface area contributed by atoms with Crippen LogP contribution in [0.2, 0.25) is 5.02 Å². The topological polar surface area (TPSA) is 58.9 Å². The summed E-state index contributed by atoms with van der Waals surface area (Å²) in [5.74, 6) is 0.833. The number of aromatic nitrogens is 1. The molecule has 0 spiro atoms. The normalized spacial score (nSPS) is 13.0. The lowest BCUT2D eigenvalue weighted by molar-refractivity contribution is -0.104. The van der Waals surface area contributed by atoms with Crippen LogP contribution in [0, 0.1) is 12.8 Å². The van der Waals surface area contributed by atoms with E-state index in [9.17, 15) is 4.79 Å². The number of benzene rings is 1. The van der Waals surface area contributed by atoms with Crippen molar-refractivity contribution in [3.63, 3.8) is 0 Å². The number of hydrogen-bond acceptors (Lipinski definition) is 2. The highest BCUT2D eigenvalue weighted by atomic mass is 35.5. The van der Waals surface area contributed by atoms with Crippen molar-refractivity contribution in [3.05, 3.63) is 63.5 Å². The lowest BCUT2D eigenvalue weighted by atomic mass is 10.0. The van der Waals surface area contributed by atoms with Crippen LogP contribution in [-0.2, 0) is 4.79 Å². The average molecular weight is 387 g/mol. The number of nitrogens with two attached hydrogens (primary N) is 1. The molecule has 3 nitrogen and oxygen atoms in total. The summed E-state index contributed by atoms with van der Waals surface area (Å²) in [6.45, 7) is 12.4. The smallest absolute Gasteiger partial charge is 0.150 e. The minimum absolute atomic E-state index is 0.543. The van der Waals surface area contributed by atoms with Gasteiger partial charge in [-0.15, -0.1) is 0 Å². The Kier molecular flexibility index (Phi) is 9.10. The van der Waals surface area contributed by atoms with Gasteiger partial charge in [0, 0.05) is 33.4 Å². The molecule has 146 valence electrons. The Morgan fingerprint density at radius 3 is 2.41 bits per heavy atom. The van der Waals surface area contributed by atoms with Gasteiger partial charge in [0.1, 0.15) is 0 Å². The Balaban J connectivity index is 0.000000828. The Hall–Kier alpha value is -2.26. The largest absolute Gasteiger partial charge is 0.399 e. The third-order valence-corrected chi connectivity index (χ3v) is 3.94. The number of fused-ring (bicyclic) bond motifs is 1. The number of nitrogens with one attached hydrogen (secondary N) is 1. The Labute approximate surface area is 168 Å². The molecule has 0 atom stereocenters. The third-order valence-electron chi connectivity index (χ3n) is 3.63. The molecule has 0 saturated heterocycles. The van der Waals surface area contributed by atoms with Crippen molar-refractivity contribution in [2.45, 2.75) is 48.0 Å². The summed E-state index contributed by atoms with van der Waals surface area (Å²) >= 11 is 6.28. The number of aromatic amines is 1. The van der Waals surface area contributed by atoms with Crippen molar-refractivity contribution >= 4 is 34.9 Å². The van der Waals surface area contributed by atoms with Crippen LogP contribution >= 0.6 is 11.6 Å². The number of halogens is 1. The second kappa shape index (κ2) is 10.8. The molecule has 0 saturated carbocycles. The highest BCUT2D eigenvalue weighted by Gasteiger charge is 2.09. The van der Waals surface area contributed by atoms with Crippen LogP contribution in [0.1, 0.15) is 52.3 Å².